The predicted octanol–water partition coefficient (Wildman–Crippen LogP) is 1.62. The number of benzene rings is 1. The zero-order chi connectivity index (χ0) is 13.2. The zero-order valence-electron chi connectivity index (χ0n) is 10.7. The number of nitrogens with two attached hydrogens (primary N) is 1. The standard InChI is InChI=1S/C15H17N3O/c16-13(9-19)15-17-7-6-14(18-15)12-5-4-10-2-1-3-11(10)8-12/h4-8,13,19H,1-3,9,16H2. The van der Waals surface area contributed by atoms with Crippen molar-refractivity contribution in [3.8, 4) is 11.3 Å². The highest BCUT2D eigenvalue weighted by Crippen LogP contribution is 2.27. The lowest BCUT2D eigenvalue weighted by molar-refractivity contribution is 0.263. The molecule has 0 radical (unpaired) electrons. The lowest BCUT2D eigenvalue weighted by Gasteiger charge is -2.09. The lowest BCUT2D eigenvalue weighted by Crippen LogP contribution is -2.17. The van der Waals surface area contributed by atoms with Gasteiger partial charge in [0.05, 0.1) is 18.3 Å². The van der Waals surface area contributed by atoms with Gasteiger partial charge in [-0.1, -0.05) is 12.1 Å². The van der Waals surface area contributed by atoms with E-state index in [1.165, 1.54) is 24.0 Å². The Morgan fingerprint density at radius 1 is 1.21 bits per heavy atom. The van der Waals surface area contributed by atoms with Crippen LogP contribution in [0.5, 0.6) is 0 Å². The molecule has 1 aliphatic carbocycles. The molecule has 1 aromatic carbocycles. The average molecular weight is 255 g/mol. The molecule has 0 amide bonds. The molecular formula is C15H17N3O. The maximum Gasteiger partial charge on any atom is 0.147 e. The van der Waals surface area contributed by atoms with Crippen LogP contribution in [-0.2, 0) is 12.8 Å². The fourth-order valence-electron chi connectivity index (χ4n) is 2.53. The molecule has 98 valence electrons. The molecular weight excluding hydrogens is 238 g/mol. The van der Waals surface area contributed by atoms with Gasteiger partial charge in [-0.3, -0.25) is 0 Å². The number of hydrogen-bond donors (Lipinski definition) is 2. The molecule has 0 saturated carbocycles. The maximum atomic E-state index is 9.07. The van der Waals surface area contributed by atoms with Gasteiger partial charge in [-0.15, -0.1) is 0 Å². The first kappa shape index (κ1) is 12.3. The molecule has 0 spiro atoms. The summed E-state index contributed by atoms with van der Waals surface area (Å²) >= 11 is 0. The van der Waals surface area contributed by atoms with Gasteiger partial charge in [0.25, 0.3) is 0 Å². The van der Waals surface area contributed by atoms with Gasteiger partial charge >= 0.3 is 0 Å². The Hall–Kier alpha value is -1.78. The van der Waals surface area contributed by atoms with Crippen molar-refractivity contribution in [2.24, 2.45) is 5.73 Å². The van der Waals surface area contributed by atoms with Gasteiger partial charge in [0.15, 0.2) is 0 Å². The van der Waals surface area contributed by atoms with E-state index in [9.17, 15) is 0 Å². The molecule has 19 heavy (non-hydrogen) atoms. The Kier molecular flexibility index (Phi) is 3.27. The Bertz CT molecular complexity index is 598. The van der Waals surface area contributed by atoms with E-state index in [0.717, 1.165) is 17.7 Å². The summed E-state index contributed by atoms with van der Waals surface area (Å²) in [6, 6.07) is 7.85. The van der Waals surface area contributed by atoms with Gasteiger partial charge in [0, 0.05) is 11.8 Å². The van der Waals surface area contributed by atoms with Crippen LogP contribution in [0.15, 0.2) is 30.5 Å². The van der Waals surface area contributed by atoms with E-state index in [4.69, 9.17) is 10.8 Å². The fraction of sp³-hybridized carbons (Fsp3) is 0.333. The summed E-state index contributed by atoms with van der Waals surface area (Å²) < 4.78 is 0. The molecule has 1 atom stereocenters. The first-order valence-electron chi connectivity index (χ1n) is 6.59. The summed E-state index contributed by atoms with van der Waals surface area (Å²) in [7, 11) is 0. The Balaban J connectivity index is 1.98. The minimum Gasteiger partial charge on any atom is -0.394 e. The Labute approximate surface area is 112 Å². The van der Waals surface area contributed by atoms with Crippen LogP contribution in [0.3, 0.4) is 0 Å². The van der Waals surface area contributed by atoms with Gasteiger partial charge in [0.1, 0.15) is 5.82 Å². The van der Waals surface area contributed by atoms with Crippen LogP contribution in [-0.4, -0.2) is 21.7 Å². The van der Waals surface area contributed by atoms with Crippen LogP contribution in [0.2, 0.25) is 0 Å². The number of aliphatic hydroxyl groups is 1. The number of fused-ring (bicyclic) bond motifs is 1. The summed E-state index contributed by atoms with van der Waals surface area (Å²) in [6.45, 7) is -0.145. The number of aryl methyl sites for hydroxylation is 2. The average Bonchev–Trinajstić information content (AvgIpc) is 2.94. The van der Waals surface area contributed by atoms with Crippen molar-refractivity contribution in [2.75, 3.05) is 6.61 Å². The molecule has 4 heteroatoms. The number of aromatic nitrogens is 2. The summed E-state index contributed by atoms with van der Waals surface area (Å²) in [6.07, 6.45) is 5.26. The van der Waals surface area contributed by atoms with E-state index >= 15 is 0 Å². The monoisotopic (exact) mass is 255 g/mol. The third-order valence-electron chi connectivity index (χ3n) is 3.60. The second kappa shape index (κ2) is 5.07. The molecule has 2 aromatic rings. The topological polar surface area (TPSA) is 72.0 Å². The smallest absolute Gasteiger partial charge is 0.147 e. The van der Waals surface area contributed by atoms with Crippen LogP contribution in [0.1, 0.15) is 29.4 Å². The molecule has 0 bridgehead atoms. The first-order chi connectivity index (χ1) is 9.28. The van der Waals surface area contributed by atoms with Crippen LogP contribution in [0, 0.1) is 0 Å². The van der Waals surface area contributed by atoms with Gasteiger partial charge in [-0.2, -0.15) is 0 Å². The summed E-state index contributed by atoms with van der Waals surface area (Å²) in [4.78, 5) is 8.56. The van der Waals surface area contributed by atoms with Crippen molar-refractivity contribution in [1.82, 2.24) is 9.97 Å². The SMILES string of the molecule is NC(CO)c1nccc(-c2ccc3c(c2)CCC3)n1. The van der Waals surface area contributed by atoms with Crippen molar-refractivity contribution < 1.29 is 5.11 Å². The normalized spacial score (nSPS) is 15.3. The van der Waals surface area contributed by atoms with Crippen LogP contribution in [0.4, 0.5) is 0 Å². The van der Waals surface area contributed by atoms with Crippen molar-refractivity contribution in [2.45, 2.75) is 25.3 Å². The van der Waals surface area contributed by atoms with Gasteiger partial charge in [0.2, 0.25) is 0 Å². The van der Waals surface area contributed by atoms with Crippen molar-refractivity contribution >= 4 is 0 Å². The summed E-state index contributed by atoms with van der Waals surface area (Å²) in [5.74, 6) is 0.487. The highest BCUT2D eigenvalue weighted by atomic mass is 16.3. The van der Waals surface area contributed by atoms with E-state index in [-0.39, 0.29) is 6.61 Å². The minimum atomic E-state index is -0.519. The molecule has 4 nitrogen and oxygen atoms in total. The predicted molar refractivity (Wildman–Crippen MR) is 73.5 cm³/mol. The second-order valence-corrected chi connectivity index (χ2v) is 4.93. The maximum absolute atomic E-state index is 9.07. The van der Waals surface area contributed by atoms with E-state index in [0.29, 0.717) is 5.82 Å². The number of aliphatic hydroxyl groups excluding tert-OH is 1. The molecule has 1 aromatic heterocycles. The third kappa shape index (κ3) is 2.37. The molecule has 1 aliphatic rings. The van der Waals surface area contributed by atoms with Gasteiger partial charge in [-0.25, -0.2) is 9.97 Å². The minimum absolute atomic E-state index is 0.145. The van der Waals surface area contributed by atoms with Gasteiger partial charge in [-0.05, 0) is 42.5 Å². The van der Waals surface area contributed by atoms with E-state index < -0.39 is 6.04 Å². The zero-order valence-corrected chi connectivity index (χ0v) is 10.7. The van der Waals surface area contributed by atoms with E-state index in [1.807, 2.05) is 6.07 Å². The van der Waals surface area contributed by atoms with Crippen LogP contribution < -0.4 is 5.73 Å². The molecule has 1 heterocycles. The van der Waals surface area contributed by atoms with E-state index in [1.54, 1.807) is 6.20 Å². The van der Waals surface area contributed by atoms with Gasteiger partial charge < -0.3 is 10.8 Å². The highest BCUT2D eigenvalue weighted by Gasteiger charge is 2.13. The molecule has 1 unspecified atom stereocenters. The fourth-order valence-corrected chi connectivity index (χ4v) is 2.53. The summed E-state index contributed by atoms with van der Waals surface area (Å²) in [5, 5.41) is 9.07. The molecule has 0 saturated heterocycles. The lowest BCUT2D eigenvalue weighted by atomic mass is 10.0. The number of hydrogen-bond acceptors (Lipinski definition) is 4. The molecule has 3 rings (SSSR count). The summed E-state index contributed by atoms with van der Waals surface area (Å²) in [5.41, 5.74) is 10.6. The number of nitrogens with zero attached hydrogens (tertiary/aromatic N) is 2. The Morgan fingerprint density at radius 2 is 2.05 bits per heavy atom. The quantitative estimate of drug-likeness (QED) is 0.874. The van der Waals surface area contributed by atoms with Crippen molar-refractivity contribution in [3.05, 3.63) is 47.4 Å². The molecule has 0 fully saturated rings. The number of rotatable bonds is 3. The third-order valence-corrected chi connectivity index (χ3v) is 3.60. The van der Waals surface area contributed by atoms with Crippen molar-refractivity contribution in [3.63, 3.8) is 0 Å². The first-order valence-corrected chi connectivity index (χ1v) is 6.59. The highest BCUT2D eigenvalue weighted by molar-refractivity contribution is 5.61. The van der Waals surface area contributed by atoms with E-state index in [2.05, 4.69) is 28.2 Å². The van der Waals surface area contributed by atoms with Crippen molar-refractivity contribution in [1.29, 1.82) is 0 Å². The molecule has 0 aliphatic heterocycles. The Morgan fingerprint density at radius 3 is 2.89 bits per heavy atom. The second-order valence-electron chi connectivity index (χ2n) is 4.93. The largest absolute Gasteiger partial charge is 0.394 e. The van der Waals surface area contributed by atoms with Crippen LogP contribution in [0.25, 0.3) is 11.3 Å². The van der Waals surface area contributed by atoms with Crippen LogP contribution >= 0.6 is 0 Å². The molecule has 3 N–H and O–H groups in total.